The number of carboxylic acids is 1. The van der Waals surface area contributed by atoms with E-state index in [0.717, 1.165) is 23.7 Å². The van der Waals surface area contributed by atoms with Crippen LogP contribution in [0, 0.1) is 0 Å². The van der Waals surface area contributed by atoms with Gasteiger partial charge in [0.1, 0.15) is 0 Å². The van der Waals surface area contributed by atoms with Gasteiger partial charge in [0.2, 0.25) is 0 Å². The van der Waals surface area contributed by atoms with Crippen LogP contribution < -0.4 is 4.90 Å². The Kier molecular flexibility index (Phi) is 7.88. The molecule has 1 saturated carbocycles. The van der Waals surface area contributed by atoms with E-state index in [1.54, 1.807) is 11.3 Å². The molecule has 0 unspecified atom stereocenters. The number of aliphatic carboxylic acids is 1. The number of thiazole rings is 1. The number of halogens is 1. The lowest BCUT2D eigenvalue weighted by Crippen LogP contribution is -2.35. The van der Waals surface area contributed by atoms with Crippen molar-refractivity contribution in [2.24, 2.45) is 0 Å². The molecule has 30 heavy (non-hydrogen) atoms. The molecular weight excluding hydrogens is 416 g/mol. The van der Waals surface area contributed by atoms with Gasteiger partial charge in [-0.1, -0.05) is 73.5 Å². The van der Waals surface area contributed by atoms with E-state index in [4.69, 9.17) is 4.98 Å². The molecule has 0 amide bonds. The molecule has 0 radical (unpaired) electrons. The van der Waals surface area contributed by atoms with Crippen LogP contribution in [0.25, 0.3) is 0 Å². The van der Waals surface area contributed by atoms with E-state index in [1.807, 2.05) is 12.1 Å². The predicted molar refractivity (Wildman–Crippen MR) is 125 cm³/mol. The lowest BCUT2D eigenvalue weighted by atomic mass is 9.89. The van der Waals surface area contributed by atoms with Crippen molar-refractivity contribution in [3.8, 4) is 0 Å². The van der Waals surface area contributed by atoms with Gasteiger partial charge in [-0.25, -0.2) is 4.98 Å². The van der Waals surface area contributed by atoms with Crippen LogP contribution in [-0.2, 0) is 4.79 Å². The second-order valence-electron chi connectivity index (χ2n) is 7.58. The number of carbonyl (C=O) groups is 1. The highest BCUT2D eigenvalue weighted by atomic mass is 35.5. The second-order valence-corrected chi connectivity index (χ2v) is 8.42. The van der Waals surface area contributed by atoms with Crippen LogP contribution >= 0.6 is 23.7 Å². The van der Waals surface area contributed by atoms with Crippen molar-refractivity contribution in [2.45, 2.75) is 44.1 Å². The van der Waals surface area contributed by atoms with Gasteiger partial charge in [-0.3, -0.25) is 4.79 Å². The minimum absolute atomic E-state index is 0. The highest BCUT2D eigenvalue weighted by Gasteiger charge is 2.27. The Morgan fingerprint density at radius 1 is 1.03 bits per heavy atom. The third kappa shape index (κ3) is 5.21. The van der Waals surface area contributed by atoms with E-state index in [0.29, 0.717) is 12.6 Å². The molecule has 0 aliphatic heterocycles. The summed E-state index contributed by atoms with van der Waals surface area (Å²) in [5.74, 6) is -0.677. The van der Waals surface area contributed by atoms with Gasteiger partial charge in [0.15, 0.2) is 5.13 Å². The SMILES string of the molecule is Cl.O=C(O)CCN(c1nc(C(c2ccccc2)c2ccccc2)cs1)C1CCCC1. The van der Waals surface area contributed by atoms with Gasteiger partial charge in [0, 0.05) is 18.0 Å². The number of nitrogens with zero attached hydrogens (tertiary/aromatic N) is 2. The topological polar surface area (TPSA) is 53.4 Å². The molecule has 1 N–H and O–H groups in total. The maximum atomic E-state index is 11.2. The summed E-state index contributed by atoms with van der Waals surface area (Å²) in [4.78, 5) is 18.5. The number of anilines is 1. The average Bonchev–Trinajstić information content (AvgIpc) is 3.43. The molecule has 158 valence electrons. The van der Waals surface area contributed by atoms with Gasteiger partial charge in [0.25, 0.3) is 0 Å². The van der Waals surface area contributed by atoms with Gasteiger partial charge in [0.05, 0.1) is 18.0 Å². The zero-order valence-corrected chi connectivity index (χ0v) is 18.4. The first-order chi connectivity index (χ1) is 14.2. The first-order valence-electron chi connectivity index (χ1n) is 10.3. The van der Waals surface area contributed by atoms with E-state index in [9.17, 15) is 9.90 Å². The molecule has 4 nitrogen and oxygen atoms in total. The summed E-state index contributed by atoms with van der Waals surface area (Å²) in [5, 5.41) is 12.3. The summed E-state index contributed by atoms with van der Waals surface area (Å²) in [5.41, 5.74) is 3.46. The molecule has 3 aromatic rings. The summed E-state index contributed by atoms with van der Waals surface area (Å²) >= 11 is 1.64. The lowest BCUT2D eigenvalue weighted by molar-refractivity contribution is -0.136. The number of hydrogen-bond acceptors (Lipinski definition) is 4. The Balaban J connectivity index is 0.00000256. The molecule has 1 fully saturated rings. The Bertz CT molecular complexity index is 887. The fraction of sp³-hybridized carbons (Fsp3) is 0.333. The van der Waals surface area contributed by atoms with Gasteiger partial charge in [-0.15, -0.1) is 23.7 Å². The number of aromatic nitrogens is 1. The van der Waals surface area contributed by atoms with Gasteiger partial charge < -0.3 is 10.0 Å². The summed E-state index contributed by atoms with van der Waals surface area (Å²) < 4.78 is 0. The summed E-state index contributed by atoms with van der Waals surface area (Å²) in [7, 11) is 0. The van der Waals surface area contributed by atoms with Crippen LogP contribution in [-0.4, -0.2) is 28.6 Å². The van der Waals surface area contributed by atoms with Crippen molar-refractivity contribution in [2.75, 3.05) is 11.4 Å². The minimum atomic E-state index is -0.753. The Labute approximate surface area is 188 Å². The number of hydrogen-bond donors (Lipinski definition) is 1. The normalized spacial score (nSPS) is 13.9. The van der Waals surface area contributed by atoms with E-state index < -0.39 is 5.97 Å². The zero-order chi connectivity index (χ0) is 20.1. The molecule has 1 aliphatic carbocycles. The highest BCUT2D eigenvalue weighted by molar-refractivity contribution is 7.13. The van der Waals surface area contributed by atoms with Crippen LogP contribution in [0.3, 0.4) is 0 Å². The molecule has 0 saturated heterocycles. The van der Waals surface area contributed by atoms with Crippen LogP contribution in [0.15, 0.2) is 66.0 Å². The van der Waals surface area contributed by atoms with Crippen molar-refractivity contribution in [1.29, 1.82) is 0 Å². The van der Waals surface area contributed by atoms with Crippen LogP contribution in [0.1, 0.15) is 54.8 Å². The quantitative estimate of drug-likeness (QED) is 0.467. The summed E-state index contributed by atoms with van der Waals surface area (Å²) in [6, 6.07) is 21.3. The monoisotopic (exact) mass is 442 g/mol. The highest BCUT2D eigenvalue weighted by Crippen LogP contribution is 2.36. The van der Waals surface area contributed by atoms with Crippen LogP contribution in [0.4, 0.5) is 5.13 Å². The van der Waals surface area contributed by atoms with Crippen molar-refractivity contribution < 1.29 is 9.90 Å². The largest absolute Gasteiger partial charge is 0.481 e. The standard InChI is InChI=1S/C24H26N2O2S.ClH/c27-22(28)15-16-26(20-13-7-8-14-20)24-25-21(17-29-24)23(18-9-3-1-4-10-18)19-11-5-2-6-12-19;/h1-6,9-12,17,20,23H,7-8,13-16H2,(H,27,28);1H. The van der Waals surface area contributed by atoms with E-state index >= 15 is 0 Å². The summed E-state index contributed by atoms with van der Waals surface area (Å²) in [6.45, 7) is 0.522. The maximum Gasteiger partial charge on any atom is 0.305 e. The van der Waals surface area contributed by atoms with E-state index in [-0.39, 0.29) is 24.7 Å². The molecule has 6 heteroatoms. The maximum absolute atomic E-state index is 11.2. The Morgan fingerprint density at radius 2 is 1.60 bits per heavy atom. The lowest BCUT2D eigenvalue weighted by Gasteiger charge is -2.28. The zero-order valence-electron chi connectivity index (χ0n) is 16.8. The molecule has 0 atom stereocenters. The molecule has 1 heterocycles. The third-order valence-electron chi connectivity index (χ3n) is 5.65. The molecule has 0 spiro atoms. The Morgan fingerprint density at radius 3 is 2.13 bits per heavy atom. The average molecular weight is 443 g/mol. The fourth-order valence-corrected chi connectivity index (χ4v) is 5.18. The van der Waals surface area contributed by atoms with Crippen molar-refractivity contribution in [1.82, 2.24) is 4.98 Å². The van der Waals surface area contributed by atoms with Crippen LogP contribution in [0.2, 0.25) is 0 Å². The van der Waals surface area contributed by atoms with Crippen molar-refractivity contribution >= 4 is 34.8 Å². The predicted octanol–water partition coefficient (Wildman–Crippen LogP) is 5.97. The molecular formula is C24H27ClN2O2S. The molecule has 0 bridgehead atoms. The smallest absolute Gasteiger partial charge is 0.305 e. The summed E-state index contributed by atoms with van der Waals surface area (Å²) in [6.07, 6.45) is 4.81. The molecule has 4 rings (SSSR count). The van der Waals surface area contributed by atoms with E-state index in [1.165, 1.54) is 24.0 Å². The third-order valence-corrected chi connectivity index (χ3v) is 6.55. The van der Waals surface area contributed by atoms with Crippen LogP contribution in [0.5, 0.6) is 0 Å². The number of carboxylic acid groups (broad SMARTS) is 1. The molecule has 2 aromatic carbocycles. The van der Waals surface area contributed by atoms with Crippen molar-refractivity contribution in [3.63, 3.8) is 0 Å². The van der Waals surface area contributed by atoms with Gasteiger partial charge >= 0.3 is 5.97 Å². The Hall–Kier alpha value is -2.37. The van der Waals surface area contributed by atoms with Gasteiger partial charge in [-0.05, 0) is 24.0 Å². The fourth-order valence-electron chi connectivity index (χ4n) is 4.23. The minimum Gasteiger partial charge on any atom is -0.481 e. The number of benzene rings is 2. The second kappa shape index (κ2) is 10.6. The molecule has 1 aromatic heterocycles. The van der Waals surface area contributed by atoms with E-state index in [2.05, 4.69) is 58.8 Å². The number of rotatable bonds is 8. The van der Waals surface area contributed by atoms with Gasteiger partial charge in [-0.2, -0.15) is 0 Å². The molecule has 1 aliphatic rings. The first kappa shape index (κ1) is 22.3. The first-order valence-corrected chi connectivity index (χ1v) is 11.1. The van der Waals surface area contributed by atoms with Crippen molar-refractivity contribution in [3.05, 3.63) is 82.9 Å².